The van der Waals surface area contributed by atoms with E-state index in [0.717, 1.165) is 63.6 Å². The molecular formula is C25H36FN5O3S. The molecule has 2 aromatic rings. The molecule has 10 heteroatoms. The van der Waals surface area contributed by atoms with Gasteiger partial charge in [0.15, 0.2) is 5.82 Å². The number of aromatic amines is 1. The van der Waals surface area contributed by atoms with Crippen LogP contribution in [0.2, 0.25) is 0 Å². The number of H-pyrrole nitrogens is 1. The lowest BCUT2D eigenvalue weighted by Gasteiger charge is -2.35. The fourth-order valence-corrected chi connectivity index (χ4v) is 4.89. The van der Waals surface area contributed by atoms with Crippen LogP contribution in [0, 0.1) is 17.7 Å². The van der Waals surface area contributed by atoms with Crippen molar-refractivity contribution >= 4 is 24.9 Å². The summed E-state index contributed by atoms with van der Waals surface area (Å²) in [4.78, 5) is 28.6. The molecule has 2 aliphatic rings. The Morgan fingerprint density at radius 3 is 2.74 bits per heavy atom. The number of thiol groups is 1. The maximum Gasteiger partial charge on any atom is 0.272 e. The summed E-state index contributed by atoms with van der Waals surface area (Å²) in [5, 5.41) is 9.57. The molecule has 2 fully saturated rings. The molecule has 1 atom stereocenters. The largest absolute Gasteiger partial charge is 0.481 e. The first-order valence-corrected chi connectivity index (χ1v) is 12.8. The Morgan fingerprint density at radius 1 is 1.34 bits per heavy atom. The lowest BCUT2D eigenvalue weighted by molar-refractivity contribution is -0.109. The molecule has 1 unspecified atom stereocenters. The van der Waals surface area contributed by atoms with E-state index in [0.29, 0.717) is 29.1 Å². The predicted octanol–water partition coefficient (Wildman–Crippen LogP) is 4.10. The number of ether oxygens (including phenoxy) is 1. The molecule has 35 heavy (non-hydrogen) atoms. The van der Waals surface area contributed by atoms with Gasteiger partial charge in [-0.2, -0.15) is 17.7 Å². The molecule has 2 amide bonds. The molecule has 2 aromatic heterocycles. The van der Waals surface area contributed by atoms with Gasteiger partial charge >= 0.3 is 0 Å². The molecular weight excluding hydrogens is 469 g/mol. The molecule has 192 valence electrons. The van der Waals surface area contributed by atoms with Crippen molar-refractivity contribution in [1.82, 2.24) is 25.4 Å². The minimum atomic E-state index is -0.502. The Kier molecular flexibility index (Phi) is 9.54. The van der Waals surface area contributed by atoms with Crippen molar-refractivity contribution in [1.29, 1.82) is 0 Å². The molecule has 0 bridgehead atoms. The number of amides is 2. The number of pyridine rings is 1. The van der Waals surface area contributed by atoms with Gasteiger partial charge in [-0.3, -0.25) is 14.7 Å². The van der Waals surface area contributed by atoms with Gasteiger partial charge in [-0.1, -0.05) is 13.8 Å². The predicted molar refractivity (Wildman–Crippen MR) is 136 cm³/mol. The second-order valence-electron chi connectivity index (χ2n) is 9.55. The lowest BCUT2D eigenvalue weighted by Crippen LogP contribution is -2.45. The average molecular weight is 506 g/mol. The minimum Gasteiger partial charge on any atom is -0.481 e. The minimum absolute atomic E-state index is 0.0487. The van der Waals surface area contributed by atoms with E-state index in [2.05, 4.69) is 47.0 Å². The highest BCUT2D eigenvalue weighted by atomic mass is 32.1. The molecule has 2 N–H and O–H groups in total. The molecule has 0 radical (unpaired) electrons. The van der Waals surface area contributed by atoms with E-state index in [1.54, 1.807) is 6.07 Å². The van der Waals surface area contributed by atoms with E-state index in [4.69, 9.17) is 4.74 Å². The Balaban J connectivity index is 0.000000266. The number of hydrogen-bond acceptors (Lipinski definition) is 6. The molecule has 3 heterocycles. The maximum absolute atomic E-state index is 14.0. The first-order chi connectivity index (χ1) is 16.8. The summed E-state index contributed by atoms with van der Waals surface area (Å²) in [6, 6.07) is 3.08. The van der Waals surface area contributed by atoms with Gasteiger partial charge in [-0.15, -0.1) is 0 Å². The van der Waals surface area contributed by atoms with Crippen molar-refractivity contribution < 1.29 is 18.7 Å². The highest BCUT2D eigenvalue weighted by molar-refractivity contribution is 7.80. The normalized spacial score (nSPS) is 16.9. The first-order valence-electron chi connectivity index (χ1n) is 12.2. The van der Waals surface area contributed by atoms with Crippen molar-refractivity contribution in [2.24, 2.45) is 11.8 Å². The van der Waals surface area contributed by atoms with Crippen molar-refractivity contribution in [2.75, 3.05) is 26.0 Å². The number of hydrogen-bond donors (Lipinski definition) is 3. The fraction of sp³-hybridized carbons (Fsp3) is 0.600. The number of nitrogens with zero attached hydrogens (tertiary/aromatic N) is 3. The Labute approximate surface area is 211 Å². The topological polar surface area (TPSA) is 100 Å². The number of rotatable bonds is 9. The van der Waals surface area contributed by atoms with Crippen LogP contribution in [-0.2, 0) is 4.79 Å². The molecule has 0 aromatic carbocycles. The summed E-state index contributed by atoms with van der Waals surface area (Å²) < 4.78 is 19.0. The number of nitrogens with one attached hydrogen (secondary N) is 2. The molecule has 8 nitrogen and oxygen atoms in total. The summed E-state index contributed by atoms with van der Waals surface area (Å²) in [7, 11) is 1.47. The Bertz CT molecular complexity index is 995. The van der Waals surface area contributed by atoms with Crippen molar-refractivity contribution in [2.45, 2.75) is 57.9 Å². The highest BCUT2D eigenvalue weighted by Gasteiger charge is 2.51. The smallest absolute Gasteiger partial charge is 0.272 e. The Morgan fingerprint density at radius 2 is 2.11 bits per heavy atom. The van der Waals surface area contributed by atoms with Crippen LogP contribution in [0.25, 0.3) is 11.3 Å². The zero-order chi connectivity index (χ0) is 25.4. The number of halogens is 1. The summed E-state index contributed by atoms with van der Waals surface area (Å²) in [5.41, 5.74) is 1.09. The molecule has 4 rings (SSSR count). The number of methoxy groups -OCH3 is 1. The van der Waals surface area contributed by atoms with E-state index in [1.807, 2.05) is 4.90 Å². The van der Waals surface area contributed by atoms with Gasteiger partial charge in [0, 0.05) is 30.3 Å². The zero-order valence-electron chi connectivity index (χ0n) is 20.7. The molecule has 1 saturated heterocycles. The van der Waals surface area contributed by atoms with Crippen LogP contribution in [0.1, 0.15) is 62.9 Å². The number of piperidine rings is 1. The number of likely N-dealkylation sites (tertiary alicyclic amines) is 1. The SMILES string of the molecule is CC(C)C(CCS)CNC=O.COc1cc(-c2cc(C(=O)N3CCCCC34CC4)[nH]n2)c(F)cn1. The monoisotopic (exact) mass is 505 g/mol. The summed E-state index contributed by atoms with van der Waals surface area (Å²) >= 11 is 4.16. The molecule has 1 aliphatic carbocycles. The van der Waals surface area contributed by atoms with Crippen LogP contribution in [-0.4, -0.2) is 63.9 Å². The van der Waals surface area contributed by atoms with E-state index < -0.39 is 5.82 Å². The van der Waals surface area contributed by atoms with Crippen molar-refractivity contribution in [3.8, 4) is 17.1 Å². The number of carbonyl (C=O) groups is 2. The first kappa shape index (κ1) is 27.0. The Hall–Kier alpha value is -2.62. The maximum atomic E-state index is 14.0. The van der Waals surface area contributed by atoms with Crippen LogP contribution in [0.5, 0.6) is 5.88 Å². The van der Waals surface area contributed by atoms with Gasteiger partial charge in [-0.25, -0.2) is 9.37 Å². The molecule has 1 spiro atoms. The third-order valence-corrected chi connectivity index (χ3v) is 7.21. The van der Waals surface area contributed by atoms with Crippen LogP contribution in [0.4, 0.5) is 4.39 Å². The second kappa shape index (κ2) is 12.4. The van der Waals surface area contributed by atoms with Gasteiger partial charge in [0.25, 0.3) is 5.91 Å². The zero-order valence-corrected chi connectivity index (χ0v) is 21.6. The summed E-state index contributed by atoms with van der Waals surface area (Å²) in [6.07, 6.45) is 8.37. The van der Waals surface area contributed by atoms with Crippen molar-refractivity contribution in [3.05, 3.63) is 29.8 Å². The van der Waals surface area contributed by atoms with E-state index in [1.165, 1.54) is 19.6 Å². The summed E-state index contributed by atoms with van der Waals surface area (Å²) in [6.45, 7) is 5.90. The van der Waals surface area contributed by atoms with E-state index in [-0.39, 0.29) is 17.0 Å². The third kappa shape index (κ3) is 6.74. The van der Waals surface area contributed by atoms with E-state index >= 15 is 0 Å². The number of aromatic nitrogens is 3. The number of carbonyl (C=O) groups excluding carboxylic acids is 2. The van der Waals surface area contributed by atoms with Gasteiger partial charge < -0.3 is 15.0 Å². The van der Waals surface area contributed by atoms with Gasteiger partial charge in [0.05, 0.1) is 19.0 Å². The molecule has 1 aliphatic heterocycles. The van der Waals surface area contributed by atoms with Gasteiger partial charge in [0.2, 0.25) is 12.3 Å². The average Bonchev–Trinajstić information content (AvgIpc) is 3.44. The third-order valence-electron chi connectivity index (χ3n) is 6.95. The van der Waals surface area contributed by atoms with Gasteiger partial charge in [-0.05, 0) is 62.2 Å². The van der Waals surface area contributed by atoms with Crippen LogP contribution in [0.15, 0.2) is 18.3 Å². The second-order valence-corrected chi connectivity index (χ2v) is 10.0. The van der Waals surface area contributed by atoms with E-state index in [9.17, 15) is 14.0 Å². The highest BCUT2D eigenvalue weighted by Crippen LogP contribution is 2.48. The lowest BCUT2D eigenvalue weighted by atomic mass is 9.93. The quantitative estimate of drug-likeness (QED) is 0.352. The van der Waals surface area contributed by atoms with Crippen LogP contribution < -0.4 is 10.1 Å². The van der Waals surface area contributed by atoms with Crippen molar-refractivity contribution in [3.63, 3.8) is 0 Å². The van der Waals surface area contributed by atoms with Crippen LogP contribution in [0.3, 0.4) is 0 Å². The standard InChI is InChI=1S/C17H19FN4O2.C8H17NOS/c1-24-15-8-11(12(18)10-19-15)13-9-14(21-20-13)16(23)22-7-3-2-4-17(22)5-6-17;1-7(2)8(3-4-11)5-9-6-10/h8-10H,2-7H2,1H3,(H,20,21);6-8,11H,3-5H2,1-2H3,(H,9,10). The fourth-order valence-electron chi connectivity index (χ4n) is 4.56. The van der Waals surface area contributed by atoms with Gasteiger partial charge in [0.1, 0.15) is 5.69 Å². The molecule has 1 saturated carbocycles. The van der Waals surface area contributed by atoms with Crippen LogP contribution >= 0.6 is 12.6 Å². The summed E-state index contributed by atoms with van der Waals surface area (Å²) in [5.74, 6) is 1.83.